The Morgan fingerprint density at radius 2 is 1.94 bits per heavy atom. The minimum atomic E-state index is -0.200. The molecule has 0 aromatic heterocycles. The van der Waals surface area contributed by atoms with Crippen LogP contribution < -0.4 is 0 Å². The third-order valence-electron chi connectivity index (χ3n) is 4.18. The van der Waals surface area contributed by atoms with Crippen LogP contribution in [0.5, 0.6) is 0 Å². The van der Waals surface area contributed by atoms with Crippen molar-refractivity contribution in [3.05, 3.63) is 34.9 Å². The number of aliphatic hydroxyl groups is 1. The molecule has 2 rings (SSSR count). The van der Waals surface area contributed by atoms with Gasteiger partial charge in [0.25, 0.3) is 0 Å². The summed E-state index contributed by atoms with van der Waals surface area (Å²) in [5.74, 6) is 0. The normalized spacial score (nSPS) is 26.3. The fourth-order valence-corrected chi connectivity index (χ4v) is 3.18. The van der Waals surface area contributed by atoms with Crippen molar-refractivity contribution >= 4 is 11.6 Å². The van der Waals surface area contributed by atoms with Crippen molar-refractivity contribution < 1.29 is 5.11 Å². The van der Waals surface area contributed by atoms with E-state index in [0.29, 0.717) is 0 Å². The van der Waals surface area contributed by atoms with Gasteiger partial charge in [-0.2, -0.15) is 0 Å². The third kappa shape index (κ3) is 2.87. The van der Waals surface area contributed by atoms with E-state index in [9.17, 15) is 5.11 Å². The number of likely N-dealkylation sites (N-methyl/N-ethyl adjacent to an activating group) is 1. The van der Waals surface area contributed by atoms with Gasteiger partial charge in [0.1, 0.15) is 0 Å². The molecular formula is C15H22ClNO. The van der Waals surface area contributed by atoms with E-state index in [1.807, 2.05) is 18.2 Å². The van der Waals surface area contributed by atoms with Gasteiger partial charge in [0.05, 0.1) is 6.10 Å². The highest BCUT2D eigenvalue weighted by Crippen LogP contribution is 2.31. The lowest BCUT2D eigenvalue weighted by atomic mass is 9.90. The average molecular weight is 268 g/mol. The smallest absolute Gasteiger partial charge is 0.0695 e. The number of hydrogen-bond acceptors (Lipinski definition) is 2. The van der Waals surface area contributed by atoms with Gasteiger partial charge in [0.2, 0.25) is 0 Å². The molecule has 3 atom stereocenters. The molecule has 3 heteroatoms. The van der Waals surface area contributed by atoms with Crippen LogP contribution in [-0.4, -0.2) is 29.2 Å². The fourth-order valence-electron chi connectivity index (χ4n) is 2.89. The Kier molecular flexibility index (Phi) is 4.66. The summed E-state index contributed by atoms with van der Waals surface area (Å²) in [6, 6.07) is 8.45. The van der Waals surface area contributed by atoms with Crippen molar-refractivity contribution in [1.29, 1.82) is 0 Å². The van der Waals surface area contributed by atoms with Crippen LogP contribution in [0.3, 0.4) is 0 Å². The highest BCUT2D eigenvalue weighted by molar-refractivity contribution is 6.31. The van der Waals surface area contributed by atoms with Gasteiger partial charge >= 0.3 is 0 Å². The van der Waals surface area contributed by atoms with Crippen molar-refractivity contribution in [2.45, 2.75) is 50.8 Å². The Hall–Kier alpha value is -0.570. The lowest BCUT2D eigenvalue weighted by molar-refractivity contribution is 0.0155. The van der Waals surface area contributed by atoms with Crippen LogP contribution in [0.15, 0.2) is 24.3 Å². The highest BCUT2D eigenvalue weighted by atomic mass is 35.5. The van der Waals surface area contributed by atoms with Crippen molar-refractivity contribution in [2.24, 2.45) is 0 Å². The highest BCUT2D eigenvalue weighted by Gasteiger charge is 2.29. The summed E-state index contributed by atoms with van der Waals surface area (Å²) in [5.41, 5.74) is 1.14. The molecule has 1 unspecified atom stereocenters. The predicted molar refractivity (Wildman–Crippen MR) is 75.9 cm³/mol. The maximum atomic E-state index is 10.1. The maximum absolute atomic E-state index is 10.1. The molecule has 0 saturated heterocycles. The second-order valence-electron chi connectivity index (χ2n) is 5.28. The molecular weight excluding hydrogens is 246 g/mol. The molecule has 0 heterocycles. The number of nitrogens with zero attached hydrogens (tertiary/aromatic N) is 1. The monoisotopic (exact) mass is 267 g/mol. The van der Waals surface area contributed by atoms with E-state index in [-0.39, 0.29) is 18.2 Å². The van der Waals surface area contributed by atoms with Crippen LogP contribution in [0.25, 0.3) is 0 Å². The lowest BCUT2D eigenvalue weighted by Gasteiger charge is -2.39. The van der Waals surface area contributed by atoms with Gasteiger partial charge < -0.3 is 5.11 Å². The molecule has 0 bridgehead atoms. The molecule has 1 aliphatic rings. The van der Waals surface area contributed by atoms with E-state index in [2.05, 4.69) is 24.9 Å². The first-order chi connectivity index (χ1) is 8.61. The standard InChI is InChI=1S/C15H22ClNO/c1-11(12-7-3-4-8-13(12)16)17(2)14-9-5-6-10-15(14)18/h3-4,7-8,11,14-15,18H,5-6,9-10H2,1-2H3/t11?,14-,15-/m1/s1. The SMILES string of the molecule is CC(c1ccccc1Cl)N(C)[C@@H]1CCCC[C@H]1O. The molecule has 1 aromatic rings. The molecule has 1 N–H and O–H groups in total. The van der Waals surface area contributed by atoms with Crippen LogP contribution in [0.1, 0.15) is 44.2 Å². The predicted octanol–water partition coefficient (Wildman–Crippen LogP) is 3.64. The molecule has 0 amide bonds. The number of aliphatic hydroxyl groups excluding tert-OH is 1. The number of halogens is 1. The second-order valence-corrected chi connectivity index (χ2v) is 5.69. The van der Waals surface area contributed by atoms with Gasteiger partial charge in [-0.05, 0) is 38.4 Å². The topological polar surface area (TPSA) is 23.5 Å². The zero-order valence-corrected chi connectivity index (χ0v) is 11.9. The summed E-state index contributed by atoms with van der Waals surface area (Å²) in [6.45, 7) is 2.16. The first-order valence-corrected chi connectivity index (χ1v) is 7.13. The Bertz CT molecular complexity index is 396. The Balaban J connectivity index is 2.13. The minimum Gasteiger partial charge on any atom is -0.391 e. The molecule has 1 aromatic carbocycles. The quantitative estimate of drug-likeness (QED) is 0.904. The molecule has 18 heavy (non-hydrogen) atoms. The first kappa shape index (κ1) is 13.9. The Labute approximate surface area is 115 Å². The molecule has 2 nitrogen and oxygen atoms in total. The van der Waals surface area contributed by atoms with Crippen molar-refractivity contribution in [2.75, 3.05) is 7.05 Å². The number of benzene rings is 1. The van der Waals surface area contributed by atoms with Gasteiger partial charge in [-0.1, -0.05) is 42.6 Å². The van der Waals surface area contributed by atoms with Gasteiger partial charge in [0.15, 0.2) is 0 Å². The molecule has 1 aliphatic carbocycles. The van der Waals surface area contributed by atoms with E-state index in [0.717, 1.165) is 29.8 Å². The second kappa shape index (κ2) is 6.05. The summed E-state index contributed by atoms with van der Waals surface area (Å²) < 4.78 is 0. The van der Waals surface area contributed by atoms with E-state index >= 15 is 0 Å². The van der Waals surface area contributed by atoms with E-state index in [4.69, 9.17) is 11.6 Å². The summed E-state index contributed by atoms with van der Waals surface area (Å²) >= 11 is 6.25. The van der Waals surface area contributed by atoms with Crippen LogP contribution in [0, 0.1) is 0 Å². The van der Waals surface area contributed by atoms with Crippen LogP contribution in [0.4, 0.5) is 0 Å². The first-order valence-electron chi connectivity index (χ1n) is 6.75. The van der Waals surface area contributed by atoms with E-state index in [1.54, 1.807) is 0 Å². The maximum Gasteiger partial charge on any atom is 0.0695 e. The molecule has 1 fully saturated rings. The summed E-state index contributed by atoms with van der Waals surface area (Å²) in [6.07, 6.45) is 4.15. The van der Waals surface area contributed by atoms with Gasteiger partial charge in [0, 0.05) is 17.1 Å². The zero-order chi connectivity index (χ0) is 13.1. The van der Waals surface area contributed by atoms with E-state index < -0.39 is 0 Å². The number of hydrogen-bond donors (Lipinski definition) is 1. The van der Waals surface area contributed by atoms with Crippen LogP contribution in [0.2, 0.25) is 5.02 Å². The largest absolute Gasteiger partial charge is 0.391 e. The van der Waals surface area contributed by atoms with Crippen LogP contribution >= 0.6 is 11.6 Å². The molecule has 100 valence electrons. The molecule has 1 saturated carbocycles. The lowest BCUT2D eigenvalue weighted by Crippen LogP contribution is -2.44. The van der Waals surface area contributed by atoms with Gasteiger partial charge in [-0.25, -0.2) is 0 Å². The van der Waals surface area contributed by atoms with Crippen molar-refractivity contribution in [1.82, 2.24) is 4.90 Å². The Morgan fingerprint density at radius 3 is 2.61 bits per heavy atom. The zero-order valence-electron chi connectivity index (χ0n) is 11.1. The van der Waals surface area contributed by atoms with Gasteiger partial charge in [-0.15, -0.1) is 0 Å². The average Bonchev–Trinajstić information content (AvgIpc) is 2.38. The fraction of sp³-hybridized carbons (Fsp3) is 0.600. The molecule has 0 aliphatic heterocycles. The van der Waals surface area contributed by atoms with E-state index in [1.165, 1.54) is 6.42 Å². The molecule has 0 spiro atoms. The summed E-state index contributed by atoms with van der Waals surface area (Å²) in [5, 5.41) is 10.9. The van der Waals surface area contributed by atoms with Gasteiger partial charge in [-0.3, -0.25) is 4.90 Å². The summed E-state index contributed by atoms with van der Waals surface area (Å²) in [4.78, 5) is 2.27. The van der Waals surface area contributed by atoms with Crippen molar-refractivity contribution in [3.63, 3.8) is 0 Å². The minimum absolute atomic E-state index is 0.200. The van der Waals surface area contributed by atoms with Crippen LogP contribution in [-0.2, 0) is 0 Å². The Morgan fingerprint density at radius 1 is 1.28 bits per heavy atom. The molecule has 0 radical (unpaired) electrons. The third-order valence-corrected chi connectivity index (χ3v) is 4.53. The summed E-state index contributed by atoms with van der Waals surface area (Å²) in [7, 11) is 2.09. The number of rotatable bonds is 3. The van der Waals surface area contributed by atoms with Crippen molar-refractivity contribution in [3.8, 4) is 0 Å².